The molecule has 0 amide bonds. The second kappa shape index (κ2) is 5.41. The Bertz CT molecular complexity index is 435. The molecule has 3 atom stereocenters. The van der Waals surface area contributed by atoms with Gasteiger partial charge in [-0.1, -0.05) is 19.1 Å². The highest BCUT2D eigenvalue weighted by Gasteiger charge is 2.28. The molecule has 3 rings (SSSR count). The molecule has 0 N–H and O–H groups in total. The Morgan fingerprint density at radius 2 is 2.00 bits per heavy atom. The Labute approximate surface area is 115 Å². The molecule has 1 fully saturated rings. The minimum atomic E-state index is 0.158. The maximum Gasteiger partial charge on any atom is 0.161 e. The summed E-state index contributed by atoms with van der Waals surface area (Å²) in [4.78, 5) is 2.54. The first kappa shape index (κ1) is 12.8. The van der Waals surface area contributed by atoms with Crippen LogP contribution in [-0.2, 0) is 0 Å². The predicted molar refractivity (Wildman–Crippen MR) is 75.8 cm³/mol. The number of para-hydroxylation sites is 2. The van der Waals surface area contributed by atoms with Gasteiger partial charge in [0.1, 0.15) is 12.7 Å². The maximum atomic E-state index is 6.04. The topological polar surface area (TPSA) is 21.7 Å². The van der Waals surface area contributed by atoms with E-state index < -0.39 is 0 Å². The van der Waals surface area contributed by atoms with Gasteiger partial charge in [-0.2, -0.15) is 0 Å². The van der Waals surface area contributed by atoms with Crippen molar-refractivity contribution in [1.82, 2.24) is 4.90 Å². The minimum absolute atomic E-state index is 0.158. The second-order valence-corrected chi connectivity index (χ2v) is 5.97. The van der Waals surface area contributed by atoms with Gasteiger partial charge in [0.2, 0.25) is 0 Å². The summed E-state index contributed by atoms with van der Waals surface area (Å²) in [6, 6.07) is 8.59. The lowest BCUT2D eigenvalue weighted by atomic mass is 9.93. The molecule has 3 unspecified atom stereocenters. The van der Waals surface area contributed by atoms with Gasteiger partial charge in [0.15, 0.2) is 11.5 Å². The molecule has 1 saturated heterocycles. The van der Waals surface area contributed by atoms with E-state index in [1.807, 2.05) is 24.3 Å². The molecule has 3 nitrogen and oxygen atoms in total. The minimum Gasteiger partial charge on any atom is -0.486 e. The summed E-state index contributed by atoms with van der Waals surface area (Å²) >= 11 is 0. The van der Waals surface area contributed by atoms with Crippen molar-refractivity contribution >= 4 is 0 Å². The summed E-state index contributed by atoms with van der Waals surface area (Å²) in [5, 5.41) is 0. The normalized spacial score (nSPS) is 31.2. The molecule has 3 heteroatoms. The van der Waals surface area contributed by atoms with Gasteiger partial charge in [-0.05, 0) is 44.4 Å². The van der Waals surface area contributed by atoms with E-state index in [-0.39, 0.29) is 6.10 Å². The van der Waals surface area contributed by atoms with Crippen molar-refractivity contribution in [3.05, 3.63) is 24.3 Å². The summed E-state index contributed by atoms with van der Waals surface area (Å²) in [7, 11) is 0. The van der Waals surface area contributed by atoms with Crippen molar-refractivity contribution in [3.8, 4) is 11.5 Å². The molecule has 2 aliphatic rings. The van der Waals surface area contributed by atoms with Gasteiger partial charge < -0.3 is 9.47 Å². The standard InChI is InChI=1S/C16H23NO2/c1-12-7-8-17(13(2)9-12)10-14-11-18-15-5-3-4-6-16(15)19-14/h3-6,12-14H,7-11H2,1-2H3. The molecule has 0 aliphatic carbocycles. The summed E-state index contributed by atoms with van der Waals surface area (Å²) in [5.74, 6) is 2.62. The van der Waals surface area contributed by atoms with Crippen molar-refractivity contribution in [2.45, 2.75) is 38.8 Å². The predicted octanol–water partition coefficient (Wildman–Crippen LogP) is 2.95. The van der Waals surface area contributed by atoms with Crippen LogP contribution in [0.4, 0.5) is 0 Å². The fourth-order valence-electron chi connectivity index (χ4n) is 3.14. The number of nitrogens with zero attached hydrogens (tertiary/aromatic N) is 1. The highest BCUT2D eigenvalue weighted by atomic mass is 16.6. The van der Waals surface area contributed by atoms with E-state index in [0.29, 0.717) is 12.6 Å². The highest BCUT2D eigenvalue weighted by Crippen LogP contribution is 2.31. The number of piperidine rings is 1. The zero-order chi connectivity index (χ0) is 13.2. The van der Waals surface area contributed by atoms with Gasteiger partial charge in [0.25, 0.3) is 0 Å². The van der Waals surface area contributed by atoms with Gasteiger partial charge in [-0.3, -0.25) is 4.90 Å². The van der Waals surface area contributed by atoms with Gasteiger partial charge in [0, 0.05) is 12.6 Å². The molecule has 0 radical (unpaired) electrons. The first-order chi connectivity index (χ1) is 9.22. The van der Waals surface area contributed by atoms with E-state index in [0.717, 1.165) is 24.0 Å². The number of fused-ring (bicyclic) bond motifs is 1. The van der Waals surface area contributed by atoms with E-state index in [2.05, 4.69) is 18.7 Å². The molecule has 0 aromatic heterocycles. The van der Waals surface area contributed by atoms with E-state index in [1.165, 1.54) is 19.4 Å². The largest absolute Gasteiger partial charge is 0.486 e. The quantitative estimate of drug-likeness (QED) is 0.817. The van der Waals surface area contributed by atoms with E-state index in [4.69, 9.17) is 9.47 Å². The molecule has 2 aliphatic heterocycles. The van der Waals surface area contributed by atoms with Gasteiger partial charge in [-0.25, -0.2) is 0 Å². The summed E-state index contributed by atoms with van der Waals surface area (Å²) in [6.07, 6.45) is 2.75. The summed E-state index contributed by atoms with van der Waals surface area (Å²) < 4.78 is 11.8. The fourth-order valence-corrected chi connectivity index (χ4v) is 3.14. The average Bonchev–Trinajstić information content (AvgIpc) is 2.42. The van der Waals surface area contributed by atoms with Crippen molar-refractivity contribution in [1.29, 1.82) is 0 Å². The van der Waals surface area contributed by atoms with Crippen LogP contribution in [0.2, 0.25) is 0 Å². The first-order valence-electron chi connectivity index (χ1n) is 7.35. The Kier molecular flexibility index (Phi) is 3.65. The van der Waals surface area contributed by atoms with Gasteiger partial charge >= 0.3 is 0 Å². The molecule has 19 heavy (non-hydrogen) atoms. The molecule has 1 aromatic carbocycles. The number of likely N-dealkylation sites (tertiary alicyclic amines) is 1. The van der Waals surface area contributed by atoms with Crippen LogP contribution in [-0.4, -0.2) is 36.7 Å². The van der Waals surface area contributed by atoms with E-state index in [9.17, 15) is 0 Å². The molecule has 0 bridgehead atoms. The van der Waals surface area contributed by atoms with Gasteiger partial charge in [0.05, 0.1) is 0 Å². The van der Waals surface area contributed by atoms with Crippen LogP contribution >= 0.6 is 0 Å². The molecule has 2 heterocycles. The maximum absolute atomic E-state index is 6.04. The van der Waals surface area contributed by atoms with Crippen LogP contribution in [0, 0.1) is 5.92 Å². The molecule has 1 aromatic rings. The Morgan fingerprint density at radius 3 is 2.79 bits per heavy atom. The van der Waals surface area contributed by atoms with Crippen LogP contribution in [0.25, 0.3) is 0 Å². The second-order valence-electron chi connectivity index (χ2n) is 5.97. The van der Waals surface area contributed by atoms with Crippen molar-refractivity contribution in [2.24, 2.45) is 5.92 Å². The Morgan fingerprint density at radius 1 is 1.21 bits per heavy atom. The van der Waals surface area contributed by atoms with Crippen molar-refractivity contribution < 1.29 is 9.47 Å². The Hall–Kier alpha value is -1.22. The lowest BCUT2D eigenvalue weighted by molar-refractivity contribution is 0.0307. The zero-order valence-electron chi connectivity index (χ0n) is 11.8. The third-order valence-corrected chi connectivity index (χ3v) is 4.28. The zero-order valence-corrected chi connectivity index (χ0v) is 11.8. The molecular formula is C16H23NO2. The van der Waals surface area contributed by atoms with Crippen LogP contribution in [0.3, 0.4) is 0 Å². The molecule has 0 saturated carbocycles. The van der Waals surface area contributed by atoms with Crippen molar-refractivity contribution in [3.63, 3.8) is 0 Å². The SMILES string of the molecule is CC1CCN(CC2COc3ccccc3O2)C(C)C1. The lowest BCUT2D eigenvalue weighted by Gasteiger charge is -2.39. The van der Waals surface area contributed by atoms with Gasteiger partial charge in [-0.15, -0.1) is 0 Å². The van der Waals surface area contributed by atoms with Crippen LogP contribution < -0.4 is 9.47 Å². The Balaban J connectivity index is 1.60. The smallest absolute Gasteiger partial charge is 0.161 e. The monoisotopic (exact) mass is 261 g/mol. The lowest BCUT2D eigenvalue weighted by Crippen LogP contribution is -2.47. The van der Waals surface area contributed by atoms with E-state index >= 15 is 0 Å². The third kappa shape index (κ3) is 2.86. The number of hydrogen-bond acceptors (Lipinski definition) is 3. The third-order valence-electron chi connectivity index (χ3n) is 4.28. The van der Waals surface area contributed by atoms with Crippen LogP contribution in [0.15, 0.2) is 24.3 Å². The summed E-state index contributed by atoms with van der Waals surface area (Å²) in [6.45, 7) is 7.50. The average molecular weight is 261 g/mol. The molecule has 0 spiro atoms. The fraction of sp³-hybridized carbons (Fsp3) is 0.625. The van der Waals surface area contributed by atoms with Crippen molar-refractivity contribution in [2.75, 3.05) is 19.7 Å². The number of rotatable bonds is 2. The number of ether oxygens (including phenoxy) is 2. The number of benzene rings is 1. The van der Waals surface area contributed by atoms with Crippen LogP contribution in [0.5, 0.6) is 11.5 Å². The molecule has 104 valence electrons. The van der Waals surface area contributed by atoms with E-state index in [1.54, 1.807) is 0 Å². The highest BCUT2D eigenvalue weighted by molar-refractivity contribution is 5.40. The molecular weight excluding hydrogens is 238 g/mol. The van der Waals surface area contributed by atoms with Crippen LogP contribution in [0.1, 0.15) is 26.7 Å². The first-order valence-corrected chi connectivity index (χ1v) is 7.35. The number of hydrogen-bond donors (Lipinski definition) is 0. The summed E-state index contributed by atoms with van der Waals surface area (Å²) in [5.41, 5.74) is 0.